The van der Waals surface area contributed by atoms with E-state index in [4.69, 9.17) is 35.3 Å². The highest BCUT2D eigenvalue weighted by Gasteiger charge is 2.48. The van der Waals surface area contributed by atoms with Crippen LogP contribution in [0.4, 0.5) is 0 Å². The highest BCUT2D eigenvalue weighted by molar-refractivity contribution is 6.31. The largest absolute Gasteiger partial charge is 0.494 e. The molecule has 0 radical (unpaired) electrons. The number of hydrogen-bond donors (Lipinski definition) is 0. The molecule has 0 amide bonds. The minimum absolute atomic E-state index is 0.0375. The van der Waals surface area contributed by atoms with Gasteiger partial charge < -0.3 is 23.7 Å². The normalized spacial score (nSPS) is 23.1. The van der Waals surface area contributed by atoms with Crippen LogP contribution in [0.3, 0.4) is 0 Å². The van der Waals surface area contributed by atoms with Crippen molar-refractivity contribution in [3.05, 3.63) is 64.2 Å². The first-order valence-corrected chi connectivity index (χ1v) is 12.6. The van der Waals surface area contributed by atoms with Crippen LogP contribution in [0.5, 0.6) is 5.75 Å². The van der Waals surface area contributed by atoms with Crippen molar-refractivity contribution in [2.45, 2.75) is 65.5 Å². The van der Waals surface area contributed by atoms with Gasteiger partial charge in [-0.3, -0.25) is 14.4 Å². The summed E-state index contributed by atoms with van der Waals surface area (Å²) in [6.07, 6.45) is -2.57. The van der Waals surface area contributed by atoms with Crippen LogP contribution in [-0.2, 0) is 39.8 Å². The van der Waals surface area contributed by atoms with Gasteiger partial charge in [-0.1, -0.05) is 42.8 Å². The number of halogens is 1. The Balaban J connectivity index is 1.96. The number of hydrogen-bond acceptors (Lipinski definition) is 8. The maximum Gasteiger partial charge on any atom is 0.303 e. The second kappa shape index (κ2) is 12.9. The quantitative estimate of drug-likeness (QED) is 0.334. The Kier molecular flexibility index (Phi) is 9.94. The summed E-state index contributed by atoms with van der Waals surface area (Å²) in [5.41, 5.74) is 2.56. The van der Waals surface area contributed by atoms with Crippen LogP contribution in [0, 0.1) is 5.92 Å². The van der Waals surface area contributed by atoms with Gasteiger partial charge in [0.1, 0.15) is 24.6 Å². The van der Waals surface area contributed by atoms with Gasteiger partial charge in [0.05, 0.1) is 12.7 Å². The van der Waals surface area contributed by atoms with Crippen LogP contribution in [0.25, 0.3) is 0 Å². The highest BCUT2D eigenvalue weighted by Crippen LogP contribution is 2.40. The minimum Gasteiger partial charge on any atom is -0.494 e. The molecular weight excluding hydrogens is 500 g/mol. The van der Waals surface area contributed by atoms with E-state index in [0.29, 0.717) is 23.6 Å². The highest BCUT2D eigenvalue weighted by atomic mass is 35.5. The van der Waals surface area contributed by atoms with Crippen molar-refractivity contribution < 1.29 is 38.1 Å². The van der Waals surface area contributed by atoms with E-state index >= 15 is 0 Å². The van der Waals surface area contributed by atoms with E-state index in [0.717, 1.165) is 16.9 Å². The Bertz CT molecular complexity index is 1100. The van der Waals surface area contributed by atoms with E-state index in [1.165, 1.54) is 20.8 Å². The Morgan fingerprint density at radius 3 is 2.16 bits per heavy atom. The van der Waals surface area contributed by atoms with Gasteiger partial charge in [-0.25, -0.2) is 0 Å². The van der Waals surface area contributed by atoms with Gasteiger partial charge in [-0.2, -0.15) is 0 Å². The van der Waals surface area contributed by atoms with Gasteiger partial charge in [0.2, 0.25) is 0 Å². The lowest BCUT2D eigenvalue weighted by Gasteiger charge is -2.44. The molecule has 37 heavy (non-hydrogen) atoms. The third-order valence-corrected chi connectivity index (χ3v) is 6.50. The number of ether oxygens (including phenoxy) is 5. The zero-order valence-electron chi connectivity index (χ0n) is 21.7. The molecule has 1 aliphatic rings. The van der Waals surface area contributed by atoms with Gasteiger partial charge in [0, 0.05) is 31.7 Å². The molecule has 2 aromatic rings. The van der Waals surface area contributed by atoms with Crippen LogP contribution in [0.1, 0.15) is 57.4 Å². The molecule has 0 aliphatic carbocycles. The van der Waals surface area contributed by atoms with Crippen molar-refractivity contribution in [1.29, 1.82) is 0 Å². The van der Waals surface area contributed by atoms with E-state index in [2.05, 4.69) is 0 Å². The molecule has 0 N–H and O–H groups in total. The third-order valence-electron chi connectivity index (χ3n) is 6.13. The summed E-state index contributed by atoms with van der Waals surface area (Å²) in [4.78, 5) is 35.5. The first-order chi connectivity index (χ1) is 17.6. The Labute approximate surface area is 222 Å². The molecule has 0 aromatic heterocycles. The molecule has 200 valence electrons. The zero-order valence-corrected chi connectivity index (χ0v) is 22.4. The SMILES string of the molecule is CCOc1ccc(Cc2cc([C@@H]3O[C@H](COC(C)=O)C(C)[C@H](OC(C)=O)[C@H]3OC(C)=O)ccc2Cl)cc1. The molecule has 8 nitrogen and oxygen atoms in total. The summed E-state index contributed by atoms with van der Waals surface area (Å²) in [6, 6.07) is 13.2. The fraction of sp³-hybridized carbons (Fsp3) is 0.464. The Hall–Kier alpha value is -3.10. The van der Waals surface area contributed by atoms with Crippen LogP contribution in [0.2, 0.25) is 5.02 Å². The summed E-state index contributed by atoms with van der Waals surface area (Å²) in [5, 5.41) is 0.568. The predicted molar refractivity (Wildman–Crippen MR) is 136 cm³/mol. The molecule has 0 saturated carbocycles. The second-order valence-corrected chi connectivity index (χ2v) is 9.42. The Morgan fingerprint density at radius 2 is 1.57 bits per heavy atom. The molecule has 1 saturated heterocycles. The van der Waals surface area contributed by atoms with Crippen molar-refractivity contribution in [3.8, 4) is 5.75 Å². The molecule has 5 atom stereocenters. The number of rotatable bonds is 9. The predicted octanol–water partition coefficient (Wildman–Crippen LogP) is 4.83. The fourth-order valence-corrected chi connectivity index (χ4v) is 4.60. The Morgan fingerprint density at radius 1 is 0.919 bits per heavy atom. The lowest BCUT2D eigenvalue weighted by atomic mass is 9.85. The van der Waals surface area contributed by atoms with Crippen LogP contribution >= 0.6 is 11.6 Å². The lowest BCUT2D eigenvalue weighted by molar-refractivity contribution is -0.232. The standard InChI is InChI=1S/C28H33ClO8/c1-6-33-23-10-7-20(8-11-23)13-22-14-21(9-12-24(22)29)27-28(36-19(5)32)26(35-18(4)31)16(2)25(37-27)15-34-17(3)30/h7-12,14,16,25-28H,6,13,15H2,1-5H3/t16?,25-,26+,27+,28-/m1/s1. The molecule has 3 rings (SSSR count). The van der Waals surface area contributed by atoms with E-state index in [9.17, 15) is 14.4 Å². The van der Waals surface area contributed by atoms with Crippen LogP contribution in [0.15, 0.2) is 42.5 Å². The van der Waals surface area contributed by atoms with Gasteiger partial charge in [0.25, 0.3) is 0 Å². The van der Waals surface area contributed by atoms with E-state index in [-0.39, 0.29) is 6.61 Å². The molecule has 1 unspecified atom stereocenters. The average molecular weight is 533 g/mol. The second-order valence-electron chi connectivity index (χ2n) is 9.01. The monoisotopic (exact) mass is 532 g/mol. The van der Waals surface area contributed by atoms with E-state index < -0.39 is 48.2 Å². The molecular formula is C28H33ClO8. The number of carbonyl (C=O) groups is 3. The van der Waals surface area contributed by atoms with Crippen LogP contribution in [-0.4, -0.2) is 49.4 Å². The zero-order chi connectivity index (χ0) is 27.1. The summed E-state index contributed by atoms with van der Waals surface area (Å²) >= 11 is 6.54. The summed E-state index contributed by atoms with van der Waals surface area (Å²) in [6.45, 7) is 8.17. The molecule has 9 heteroatoms. The van der Waals surface area contributed by atoms with Crippen molar-refractivity contribution >= 4 is 29.5 Å². The van der Waals surface area contributed by atoms with Crippen molar-refractivity contribution in [2.24, 2.45) is 5.92 Å². The first kappa shape index (κ1) is 28.5. The van der Waals surface area contributed by atoms with Gasteiger partial charge in [0.15, 0.2) is 6.10 Å². The van der Waals surface area contributed by atoms with E-state index in [1.54, 1.807) is 19.1 Å². The summed E-state index contributed by atoms with van der Waals surface area (Å²) in [5.74, 6) is -1.14. The third kappa shape index (κ3) is 7.69. The molecule has 1 aliphatic heterocycles. The summed E-state index contributed by atoms with van der Waals surface area (Å²) in [7, 11) is 0. The van der Waals surface area contributed by atoms with Crippen LogP contribution < -0.4 is 4.74 Å². The average Bonchev–Trinajstić information content (AvgIpc) is 2.83. The smallest absolute Gasteiger partial charge is 0.303 e. The molecule has 0 bridgehead atoms. The van der Waals surface area contributed by atoms with Crippen molar-refractivity contribution in [1.82, 2.24) is 0 Å². The fourth-order valence-electron chi connectivity index (χ4n) is 4.42. The molecule has 1 heterocycles. The maximum absolute atomic E-state index is 12.0. The molecule has 2 aromatic carbocycles. The number of benzene rings is 2. The minimum atomic E-state index is -0.913. The lowest BCUT2D eigenvalue weighted by Crippen LogP contribution is -2.54. The first-order valence-electron chi connectivity index (χ1n) is 12.2. The number of esters is 3. The maximum atomic E-state index is 12.0. The van der Waals surface area contributed by atoms with E-state index in [1.807, 2.05) is 37.3 Å². The van der Waals surface area contributed by atoms with Crippen molar-refractivity contribution in [3.63, 3.8) is 0 Å². The molecule has 1 fully saturated rings. The van der Waals surface area contributed by atoms with Crippen molar-refractivity contribution in [2.75, 3.05) is 13.2 Å². The van der Waals surface area contributed by atoms with Gasteiger partial charge in [-0.15, -0.1) is 0 Å². The number of carbonyl (C=O) groups excluding carboxylic acids is 3. The topological polar surface area (TPSA) is 97.4 Å². The van der Waals surface area contributed by atoms with Gasteiger partial charge in [-0.05, 0) is 48.2 Å². The van der Waals surface area contributed by atoms with Gasteiger partial charge >= 0.3 is 17.9 Å². The molecule has 0 spiro atoms. The summed E-state index contributed by atoms with van der Waals surface area (Å²) < 4.78 is 28.3.